The van der Waals surface area contributed by atoms with Crippen molar-refractivity contribution >= 4 is 22.4 Å². The maximum atomic E-state index is 13.5. The van der Waals surface area contributed by atoms with Gasteiger partial charge < -0.3 is 14.3 Å². The summed E-state index contributed by atoms with van der Waals surface area (Å²) in [5, 5.41) is 13.0. The fourth-order valence-electron chi connectivity index (χ4n) is 4.82. The molecule has 0 saturated heterocycles. The fourth-order valence-corrected chi connectivity index (χ4v) is 4.82. The second kappa shape index (κ2) is 10.4. The Bertz CT molecular complexity index is 1410. The second-order valence-electron chi connectivity index (χ2n) is 8.83. The van der Waals surface area contributed by atoms with Crippen LogP contribution >= 0.6 is 0 Å². The number of aromatic nitrogens is 3. The van der Waals surface area contributed by atoms with E-state index in [1.165, 1.54) is 22.8 Å². The molecule has 4 rings (SSSR count). The van der Waals surface area contributed by atoms with Gasteiger partial charge in [-0.2, -0.15) is 18.4 Å². The molecule has 0 bridgehead atoms. The molecule has 3 aromatic heterocycles. The van der Waals surface area contributed by atoms with Crippen molar-refractivity contribution < 1.29 is 18.0 Å². The number of rotatable bonds is 6. The number of halogens is 3. The molecule has 0 N–H and O–H groups in total. The zero-order valence-electron chi connectivity index (χ0n) is 20.1. The van der Waals surface area contributed by atoms with Crippen LogP contribution in [0.4, 0.5) is 18.9 Å². The minimum absolute atomic E-state index is 0.0359. The van der Waals surface area contributed by atoms with Gasteiger partial charge in [0.25, 0.3) is 5.56 Å². The van der Waals surface area contributed by atoms with Gasteiger partial charge in [-0.1, -0.05) is 5.16 Å². The molecule has 11 heteroatoms. The Kier molecular flexibility index (Phi) is 7.24. The van der Waals surface area contributed by atoms with Gasteiger partial charge in [-0.15, -0.1) is 0 Å². The van der Waals surface area contributed by atoms with Crippen LogP contribution in [0.25, 0.3) is 11.0 Å². The lowest BCUT2D eigenvalue weighted by Crippen LogP contribution is -2.38. The summed E-state index contributed by atoms with van der Waals surface area (Å²) in [6.07, 6.45) is 2.57. The molecule has 188 valence electrons. The topological polar surface area (TPSA) is 96.4 Å². The van der Waals surface area contributed by atoms with Gasteiger partial charge in [-0.3, -0.25) is 4.79 Å². The van der Waals surface area contributed by atoms with Gasteiger partial charge in [0.2, 0.25) is 5.95 Å². The highest BCUT2D eigenvalue weighted by atomic mass is 19.3. The molecule has 3 aromatic rings. The molecule has 36 heavy (non-hydrogen) atoms. The summed E-state index contributed by atoms with van der Waals surface area (Å²) >= 11 is 0. The summed E-state index contributed by atoms with van der Waals surface area (Å²) < 4.78 is 40.6. The van der Waals surface area contributed by atoms with E-state index in [9.17, 15) is 23.2 Å². The summed E-state index contributed by atoms with van der Waals surface area (Å²) in [4.78, 5) is 27.1. The van der Waals surface area contributed by atoms with E-state index in [4.69, 9.17) is 0 Å². The van der Waals surface area contributed by atoms with Crippen LogP contribution in [0.1, 0.15) is 42.6 Å². The first-order valence-corrected chi connectivity index (χ1v) is 11.5. The predicted octanol–water partition coefficient (Wildman–Crippen LogP) is 4.29. The molecule has 1 aliphatic carbocycles. The molecule has 0 aliphatic heterocycles. The van der Waals surface area contributed by atoms with Gasteiger partial charge in [0.05, 0.1) is 16.9 Å². The van der Waals surface area contributed by atoms with E-state index in [1.54, 1.807) is 26.1 Å². The van der Waals surface area contributed by atoms with Crippen molar-refractivity contribution in [1.82, 2.24) is 14.5 Å². The van der Waals surface area contributed by atoms with Crippen LogP contribution in [0.3, 0.4) is 0 Å². The SMILES string of the molecule is Cc1nc(F)ccc1/C(=N/OC(F)F)C1CCC(N(C)c2cc(=O)n(C)c3ccc(C#N)nc23)CC1. The molecule has 0 spiro atoms. The lowest BCUT2D eigenvalue weighted by Gasteiger charge is -2.36. The summed E-state index contributed by atoms with van der Waals surface area (Å²) in [6, 6.07) is 9.52. The van der Waals surface area contributed by atoms with Gasteiger partial charge in [0.1, 0.15) is 17.3 Å². The number of aryl methyl sites for hydroxylation is 2. The van der Waals surface area contributed by atoms with Gasteiger partial charge >= 0.3 is 6.61 Å². The highest BCUT2D eigenvalue weighted by molar-refractivity contribution is 6.02. The number of oxime groups is 1. The molecule has 1 saturated carbocycles. The third-order valence-corrected chi connectivity index (χ3v) is 6.75. The minimum atomic E-state index is -3.07. The van der Waals surface area contributed by atoms with E-state index in [0.717, 1.165) is 0 Å². The smallest absolute Gasteiger partial charge is 0.370 e. The number of pyridine rings is 3. The third-order valence-electron chi connectivity index (χ3n) is 6.75. The largest absolute Gasteiger partial charge is 0.407 e. The van der Waals surface area contributed by atoms with Gasteiger partial charge in [0, 0.05) is 43.4 Å². The zero-order valence-corrected chi connectivity index (χ0v) is 20.1. The van der Waals surface area contributed by atoms with Crippen molar-refractivity contribution in [3.05, 3.63) is 63.6 Å². The van der Waals surface area contributed by atoms with Gasteiger partial charge in [-0.05, 0) is 56.9 Å². The Balaban J connectivity index is 1.60. The maximum Gasteiger partial charge on any atom is 0.407 e. The molecule has 8 nitrogen and oxygen atoms in total. The lowest BCUT2D eigenvalue weighted by molar-refractivity contribution is -0.128. The van der Waals surface area contributed by atoms with Crippen LogP contribution in [-0.4, -0.2) is 39.9 Å². The van der Waals surface area contributed by atoms with Crippen molar-refractivity contribution in [1.29, 1.82) is 5.26 Å². The van der Waals surface area contributed by atoms with E-state index in [1.807, 2.05) is 18.0 Å². The van der Waals surface area contributed by atoms with Crippen LogP contribution in [0.2, 0.25) is 0 Å². The lowest BCUT2D eigenvalue weighted by atomic mass is 9.80. The Morgan fingerprint density at radius 2 is 1.94 bits per heavy atom. The first-order valence-electron chi connectivity index (χ1n) is 11.5. The molecule has 0 atom stereocenters. The standard InChI is InChI=1S/C25H25F3N6O2/c1-14-18(9-11-21(26)30-14)23(32-36-25(27)28)15-4-7-17(8-5-15)33(2)20-12-22(35)34(3)19-10-6-16(13-29)31-24(19)20/h6,9-12,15,17,25H,4-5,7-8H2,1-3H3/b32-23+. The zero-order chi connectivity index (χ0) is 26.0. The molecule has 1 aliphatic rings. The quantitative estimate of drug-likeness (QED) is 0.286. The summed E-state index contributed by atoms with van der Waals surface area (Å²) in [5.74, 6) is -0.854. The Morgan fingerprint density at radius 3 is 2.58 bits per heavy atom. The van der Waals surface area contributed by atoms with E-state index < -0.39 is 12.6 Å². The number of anilines is 1. The van der Waals surface area contributed by atoms with Crippen LogP contribution in [0.5, 0.6) is 0 Å². The number of alkyl halides is 2. The van der Waals surface area contributed by atoms with Gasteiger partial charge in [0.15, 0.2) is 0 Å². The highest BCUT2D eigenvalue weighted by Gasteiger charge is 2.30. The number of hydrogen-bond donors (Lipinski definition) is 0. The average molecular weight is 499 g/mol. The van der Waals surface area contributed by atoms with Crippen molar-refractivity contribution in [3.8, 4) is 6.07 Å². The Labute approximate surface area is 205 Å². The normalized spacial score (nSPS) is 18.3. The second-order valence-corrected chi connectivity index (χ2v) is 8.83. The van der Waals surface area contributed by atoms with E-state index >= 15 is 0 Å². The van der Waals surface area contributed by atoms with Crippen LogP contribution in [-0.2, 0) is 11.9 Å². The van der Waals surface area contributed by atoms with Crippen LogP contribution < -0.4 is 10.5 Å². The van der Waals surface area contributed by atoms with E-state index in [2.05, 4.69) is 20.0 Å². The van der Waals surface area contributed by atoms with Crippen molar-refractivity contribution in [2.45, 2.75) is 45.3 Å². The van der Waals surface area contributed by atoms with E-state index in [-0.39, 0.29) is 23.2 Å². The number of hydrogen-bond acceptors (Lipinski definition) is 7. The summed E-state index contributed by atoms with van der Waals surface area (Å²) in [7, 11) is 3.53. The number of nitriles is 1. The molecule has 3 heterocycles. The summed E-state index contributed by atoms with van der Waals surface area (Å²) in [5.41, 5.74) is 3.00. The van der Waals surface area contributed by atoms with Crippen molar-refractivity contribution in [2.75, 3.05) is 11.9 Å². The van der Waals surface area contributed by atoms with Crippen LogP contribution in [0.15, 0.2) is 40.3 Å². The monoisotopic (exact) mass is 498 g/mol. The first-order chi connectivity index (χ1) is 17.2. The van der Waals surface area contributed by atoms with Crippen molar-refractivity contribution in [2.24, 2.45) is 18.1 Å². The van der Waals surface area contributed by atoms with Gasteiger partial charge in [-0.25, -0.2) is 9.97 Å². The Morgan fingerprint density at radius 1 is 1.22 bits per heavy atom. The highest BCUT2D eigenvalue weighted by Crippen LogP contribution is 2.34. The minimum Gasteiger partial charge on any atom is -0.370 e. The van der Waals surface area contributed by atoms with Crippen LogP contribution in [0, 0.1) is 30.1 Å². The van der Waals surface area contributed by atoms with Crippen molar-refractivity contribution in [3.63, 3.8) is 0 Å². The molecule has 0 aromatic carbocycles. The molecule has 0 amide bonds. The summed E-state index contributed by atoms with van der Waals surface area (Å²) in [6.45, 7) is -1.48. The molecular formula is C25H25F3N6O2. The number of nitrogens with zero attached hydrogens (tertiary/aromatic N) is 6. The molecule has 1 fully saturated rings. The molecule has 0 unspecified atom stereocenters. The molecule has 0 radical (unpaired) electrons. The Hall–Kier alpha value is -3.94. The third kappa shape index (κ3) is 5.03. The van der Waals surface area contributed by atoms with E-state index in [0.29, 0.717) is 59.4 Å². The number of fused-ring (bicyclic) bond motifs is 1. The fraction of sp³-hybridized carbons (Fsp3) is 0.400. The first kappa shape index (κ1) is 25.2. The maximum absolute atomic E-state index is 13.5. The predicted molar refractivity (Wildman–Crippen MR) is 128 cm³/mol. The molecular weight excluding hydrogens is 473 g/mol. The average Bonchev–Trinajstić information content (AvgIpc) is 2.86.